The van der Waals surface area contributed by atoms with Crippen molar-refractivity contribution >= 4 is 0 Å². The van der Waals surface area contributed by atoms with E-state index in [1.165, 1.54) is 0 Å². The summed E-state index contributed by atoms with van der Waals surface area (Å²) < 4.78 is 5.22. The molecule has 0 aliphatic heterocycles. The van der Waals surface area contributed by atoms with Crippen molar-refractivity contribution in [2.24, 2.45) is 5.41 Å². The fourth-order valence-electron chi connectivity index (χ4n) is 1.89. The molecule has 2 aromatic rings. The van der Waals surface area contributed by atoms with Gasteiger partial charge in [0.15, 0.2) is 0 Å². The minimum atomic E-state index is -0.517. The topological polar surface area (TPSA) is 72.0 Å². The summed E-state index contributed by atoms with van der Waals surface area (Å²) >= 11 is 0. The Kier molecular flexibility index (Phi) is 3.90. The maximum Gasteiger partial charge on any atom is 0.229 e. The number of aromatic nitrogens is 3. The fraction of sp³-hybridized carbons (Fsp3) is 0.533. The highest BCUT2D eigenvalue weighted by Crippen LogP contribution is 2.23. The molecule has 5 heteroatoms. The number of aliphatic hydroxyl groups is 1. The van der Waals surface area contributed by atoms with Crippen LogP contribution in [0.4, 0.5) is 0 Å². The first kappa shape index (κ1) is 14.7. The third-order valence-electron chi connectivity index (χ3n) is 3.18. The van der Waals surface area contributed by atoms with Gasteiger partial charge in [0.05, 0.1) is 12.5 Å². The minimum absolute atomic E-state index is 0.210. The van der Waals surface area contributed by atoms with Crippen LogP contribution in [0.1, 0.15) is 38.0 Å². The zero-order valence-electron chi connectivity index (χ0n) is 12.6. The van der Waals surface area contributed by atoms with E-state index in [1.54, 1.807) is 0 Å². The van der Waals surface area contributed by atoms with Gasteiger partial charge in [-0.15, -0.1) is 0 Å². The molecule has 0 radical (unpaired) electrons. The van der Waals surface area contributed by atoms with Gasteiger partial charge in [-0.25, -0.2) is 0 Å². The van der Waals surface area contributed by atoms with E-state index >= 15 is 0 Å². The molecule has 0 amide bonds. The van der Waals surface area contributed by atoms with Crippen LogP contribution in [0.3, 0.4) is 0 Å². The summed E-state index contributed by atoms with van der Waals surface area (Å²) in [5.41, 5.74) is 2.51. The molecular weight excluding hydrogens is 254 g/mol. The number of aliphatic hydroxyl groups excluding tert-OH is 1. The zero-order valence-corrected chi connectivity index (χ0v) is 12.6. The van der Waals surface area contributed by atoms with E-state index in [0.717, 1.165) is 17.0 Å². The van der Waals surface area contributed by atoms with Crippen molar-refractivity contribution in [1.82, 2.24) is 15.1 Å². The molecule has 0 aromatic carbocycles. The average molecular weight is 275 g/mol. The molecule has 0 aliphatic carbocycles. The SMILES string of the molecule is Cc1cc(-c2noc(CC(O)C(C)(C)C)n2)cc(C)n1. The van der Waals surface area contributed by atoms with Gasteiger partial charge in [-0.05, 0) is 31.4 Å². The van der Waals surface area contributed by atoms with E-state index in [-0.39, 0.29) is 5.41 Å². The average Bonchev–Trinajstić information content (AvgIpc) is 2.75. The van der Waals surface area contributed by atoms with Crippen LogP contribution in [0.5, 0.6) is 0 Å². The van der Waals surface area contributed by atoms with Gasteiger partial charge in [0.2, 0.25) is 11.7 Å². The van der Waals surface area contributed by atoms with Crippen LogP contribution in [0.2, 0.25) is 0 Å². The van der Waals surface area contributed by atoms with Gasteiger partial charge in [0, 0.05) is 17.0 Å². The monoisotopic (exact) mass is 275 g/mol. The summed E-state index contributed by atoms with van der Waals surface area (Å²) in [4.78, 5) is 8.67. The number of rotatable bonds is 3. The van der Waals surface area contributed by atoms with Gasteiger partial charge < -0.3 is 9.63 Å². The highest BCUT2D eigenvalue weighted by molar-refractivity contribution is 5.55. The molecule has 1 unspecified atom stereocenters. The Morgan fingerprint density at radius 2 is 1.75 bits per heavy atom. The molecule has 5 nitrogen and oxygen atoms in total. The van der Waals surface area contributed by atoms with Crippen LogP contribution < -0.4 is 0 Å². The molecule has 0 bridgehead atoms. The van der Waals surface area contributed by atoms with Crippen molar-refractivity contribution in [2.45, 2.75) is 47.1 Å². The smallest absolute Gasteiger partial charge is 0.229 e. The number of pyridine rings is 1. The predicted octanol–water partition coefficient (Wildman–Crippen LogP) is 2.70. The third kappa shape index (κ3) is 3.42. The first-order valence-electron chi connectivity index (χ1n) is 6.72. The Labute approximate surface area is 119 Å². The van der Waals surface area contributed by atoms with Crippen molar-refractivity contribution in [2.75, 3.05) is 0 Å². The lowest BCUT2D eigenvalue weighted by molar-refractivity contribution is 0.0565. The summed E-state index contributed by atoms with van der Waals surface area (Å²) in [6.07, 6.45) is -0.156. The van der Waals surface area contributed by atoms with Crippen molar-refractivity contribution < 1.29 is 9.63 Å². The van der Waals surface area contributed by atoms with Gasteiger partial charge >= 0.3 is 0 Å². The molecule has 2 aromatic heterocycles. The van der Waals surface area contributed by atoms with Crippen LogP contribution >= 0.6 is 0 Å². The van der Waals surface area contributed by atoms with Gasteiger partial charge in [-0.2, -0.15) is 4.98 Å². The summed E-state index contributed by atoms with van der Waals surface area (Å²) in [5, 5.41) is 14.0. The Hall–Kier alpha value is -1.75. The van der Waals surface area contributed by atoms with E-state index in [1.807, 2.05) is 46.8 Å². The Balaban J connectivity index is 2.21. The van der Waals surface area contributed by atoms with Gasteiger partial charge in [-0.1, -0.05) is 25.9 Å². The largest absolute Gasteiger partial charge is 0.392 e. The summed E-state index contributed by atoms with van der Waals surface area (Å²) in [6.45, 7) is 9.79. The first-order valence-corrected chi connectivity index (χ1v) is 6.72. The Bertz CT molecular complexity index is 579. The highest BCUT2D eigenvalue weighted by Gasteiger charge is 2.24. The number of nitrogens with zero attached hydrogens (tertiary/aromatic N) is 3. The summed E-state index contributed by atoms with van der Waals surface area (Å²) in [5.74, 6) is 0.990. The molecule has 0 aliphatic rings. The van der Waals surface area contributed by atoms with Crippen molar-refractivity contribution in [1.29, 1.82) is 0 Å². The molecular formula is C15H21N3O2. The molecule has 0 spiro atoms. The Morgan fingerprint density at radius 3 is 2.30 bits per heavy atom. The number of hydrogen-bond donors (Lipinski definition) is 1. The molecule has 2 rings (SSSR count). The molecule has 0 saturated carbocycles. The van der Waals surface area contributed by atoms with Crippen molar-refractivity contribution in [3.05, 3.63) is 29.4 Å². The predicted molar refractivity (Wildman–Crippen MR) is 76.2 cm³/mol. The lowest BCUT2D eigenvalue weighted by atomic mass is 9.87. The number of hydrogen-bond acceptors (Lipinski definition) is 5. The van der Waals surface area contributed by atoms with E-state index in [2.05, 4.69) is 15.1 Å². The minimum Gasteiger partial charge on any atom is -0.392 e. The standard InChI is InChI=1S/C15H21N3O2/c1-9-6-11(7-10(2)16-9)14-17-13(20-18-14)8-12(19)15(3,4)5/h6-7,12,19H,8H2,1-5H3. The maximum absolute atomic E-state index is 10.1. The molecule has 0 saturated heterocycles. The lowest BCUT2D eigenvalue weighted by Gasteiger charge is -2.24. The molecule has 108 valence electrons. The molecule has 2 heterocycles. The number of aryl methyl sites for hydroxylation is 2. The van der Waals surface area contributed by atoms with E-state index < -0.39 is 6.10 Å². The van der Waals surface area contributed by atoms with Gasteiger partial charge in [-0.3, -0.25) is 4.98 Å². The molecule has 20 heavy (non-hydrogen) atoms. The highest BCUT2D eigenvalue weighted by atomic mass is 16.5. The van der Waals surface area contributed by atoms with Crippen LogP contribution in [0, 0.1) is 19.3 Å². The molecule has 1 N–H and O–H groups in total. The molecule has 1 atom stereocenters. The van der Waals surface area contributed by atoms with E-state index in [0.29, 0.717) is 18.1 Å². The van der Waals surface area contributed by atoms with Crippen molar-refractivity contribution in [3.63, 3.8) is 0 Å². The van der Waals surface area contributed by atoms with Crippen LogP contribution in [-0.4, -0.2) is 26.3 Å². The second-order valence-electron chi connectivity index (χ2n) is 6.24. The zero-order chi connectivity index (χ0) is 14.9. The second-order valence-corrected chi connectivity index (χ2v) is 6.24. The van der Waals surface area contributed by atoms with Crippen molar-refractivity contribution in [3.8, 4) is 11.4 Å². The van der Waals surface area contributed by atoms with Gasteiger partial charge in [0.1, 0.15) is 0 Å². The Morgan fingerprint density at radius 1 is 1.15 bits per heavy atom. The normalized spacial score (nSPS) is 13.5. The molecule has 0 fully saturated rings. The second kappa shape index (κ2) is 5.32. The van der Waals surface area contributed by atoms with Gasteiger partial charge in [0.25, 0.3) is 0 Å². The van der Waals surface area contributed by atoms with Crippen LogP contribution in [0.25, 0.3) is 11.4 Å². The third-order valence-corrected chi connectivity index (χ3v) is 3.18. The summed E-state index contributed by atoms with van der Waals surface area (Å²) in [6, 6.07) is 3.84. The van der Waals surface area contributed by atoms with Crippen LogP contribution in [-0.2, 0) is 6.42 Å². The van der Waals surface area contributed by atoms with E-state index in [4.69, 9.17) is 4.52 Å². The quantitative estimate of drug-likeness (QED) is 0.932. The van der Waals surface area contributed by atoms with E-state index in [9.17, 15) is 5.11 Å². The fourth-order valence-corrected chi connectivity index (χ4v) is 1.89. The maximum atomic E-state index is 10.1. The lowest BCUT2D eigenvalue weighted by Crippen LogP contribution is -2.28. The summed E-state index contributed by atoms with van der Waals surface area (Å²) in [7, 11) is 0. The first-order chi connectivity index (χ1) is 9.25. The van der Waals surface area contributed by atoms with Crippen LogP contribution in [0.15, 0.2) is 16.7 Å².